The second kappa shape index (κ2) is 7.07. The van der Waals surface area contributed by atoms with E-state index in [0.717, 1.165) is 12.8 Å². The van der Waals surface area contributed by atoms with Crippen LogP contribution in [-0.2, 0) is 17.8 Å². The van der Waals surface area contributed by atoms with Crippen LogP contribution in [0, 0.1) is 0 Å². The van der Waals surface area contributed by atoms with Gasteiger partial charge < -0.3 is 5.32 Å². The number of fused-ring (bicyclic) bond motifs is 1. The minimum Gasteiger partial charge on any atom is -0.350 e. The molecule has 0 aliphatic heterocycles. The molecule has 0 unspecified atom stereocenters. The first-order chi connectivity index (χ1) is 10.7. The minimum absolute atomic E-state index is 0.0963. The first-order valence-corrected chi connectivity index (χ1v) is 8.69. The van der Waals surface area contributed by atoms with E-state index in [0.29, 0.717) is 19.1 Å². The fraction of sp³-hybridized carbons (Fsp3) is 0.389. The van der Waals surface area contributed by atoms with Gasteiger partial charge in [0.05, 0.1) is 13.1 Å². The van der Waals surface area contributed by atoms with Gasteiger partial charge in [-0.15, -0.1) is 11.3 Å². The van der Waals surface area contributed by atoms with Crippen molar-refractivity contribution in [1.29, 1.82) is 0 Å². The standard InChI is InChI=1S/C18H22N2OS/c1-20(13-18(21)19-12-15-8-5-11-22-15)17-10-4-7-14-6-2-3-9-16(14)17/h2-3,5-6,8-9,11,17H,4,7,10,12-13H2,1H3,(H,19,21)/t17-/m0/s1. The summed E-state index contributed by atoms with van der Waals surface area (Å²) in [4.78, 5) is 15.5. The summed E-state index contributed by atoms with van der Waals surface area (Å²) in [7, 11) is 2.05. The van der Waals surface area contributed by atoms with Crippen LogP contribution in [0.2, 0.25) is 0 Å². The summed E-state index contributed by atoms with van der Waals surface area (Å²) in [5.41, 5.74) is 2.83. The summed E-state index contributed by atoms with van der Waals surface area (Å²) < 4.78 is 0. The Labute approximate surface area is 136 Å². The van der Waals surface area contributed by atoms with E-state index in [4.69, 9.17) is 0 Å². The van der Waals surface area contributed by atoms with E-state index in [-0.39, 0.29) is 5.91 Å². The third kappa shape index (κ3) is 3.57. The van der Waals surface area contributed by atoms with Crippen LogP contribution >= 0.6 is 11.3 Å². The van der Waals surface area contributed by atoms with Crippen molar-refractivity contribution in [2.75, 3.05) is 13.6 Å². The zero-order chi connectivity index (χ0) is 15.4. The molecule has 0 radical (unpaired) electrons. The van der Waals surface area contributed by atoms with Crippen molar-refractivity contribution in [3.05, 3.63) is 57.8 Å². The Hall–Kier alpha value is -1.65. The van der Waals surface area contributed by atoms with Gasteiger partial charge in [0.1, 0.15) is 0 Å². The number of aryl methyl sites for hydroxylation is 1. The third-order valence-electron chi connectivity index (χ3n) is 4.30. The van der Waals surface area contributed by atoms with Crippen LogP contribution < -0.4 is 5.32 Å². The van der Waals surface area contributed by atoms with Crippen LogP contribution in [0.3, 0.4) is 0 Å². The molecule has 3 rings (SSSR count). The maximum Gasteiger partial charge on any atom is 0.234 e. The molecule has 116 valence electrons. The highest BCUT2D eigenvalue weighted by Crippen LogP contribution is 2.33. The second-order valence-electron chi connectivity index (χ2n) is 5.88. The third-order valence-corrected chi connectivity index (χ3v) is 5.18. The SMILES string of the molecule is CN(CC(=O)NCc1cccs1)[C@H]1CCCc2ccccc21. The van der Waals surface area contributed by atoms with Crippen LogP contribution in [-0.4, -0.2) is 24.4 Å². The number of carbonyl (C=O) groups excluding carboxylic acids is 1. The van der Waals surface area contributed by atoms with E-state index in [1.807, 2.05) is 17.5 Å². The maximum absolute atomic E-state index is 12.2. The van der Waals surface area contributed by atoms with Gasteiger partial charge in [-0.05, 0) is 48.9 Å². The lowest BCUT2D eigenvalue weighted by Gasteiger charge is -2.32. The van der Waals surface area contributed by atoms with Crippen molar-refractivity contribution in [2.45, 2.75) is 31.8 Å². The van der Waals surface area contributed by atoms with Gasteiger partial charge in [-0.1, -0.05) is 30.3 Å². The predicted molar refractivity (Wildman–Crippen MR) is 90.9 cm³/mol. The highest BCUT2D eigenvalue weighted by atomic mass is 32.1. The molecule has 1 atom stereocenters. The highest BCUT2D eigenvalue weighted by molar-refractivity contribution is 7.09. The molecule has 1 aliphatic carbocycles. The van der Waals surface area contributed by atoms with Gasteiger partial charge in [0.15, 0.2) is 0 Å². The van der Waals surface area contributed by atoms with Crippen molar-refractivity contribution in [2.24, 2.45) is 0 Å². The van der Waals surface area contributed by atoms with E-state index in [1.54, 1.807) is 11.3 Å². The molecule has 1 heterocycles. The molecular weight excluding hydrogens is 292 g/mol. The van der Waals surface area contributed by atoms with Crippen molar-refractivity contribution in [3.8, 4) is 0 Å². The number of likely N-dealkylation sites (N-methyl/N-ethyl adjacent to an activating group) is 1. The number of nitrogens with zero attached hydrogens (tertiary/aromatic N) is 1. The fourth-order valence-electron chi connectivity index (χ4n) is 3.18. The van der Waals surface area contributed by atoms with Crippen LogP contribution in [0.4, 0.5) is 0 Å². The van der Waals surface area contributed by atoms with Crippen molar-refractivity contribution in [1.82, 2.24) is 10.2 Å². The lowest BCUT2D eigenvalue weighted by Crippen LogP contribution is -2.37. The number of rotatable bonds is 5. The number of thiophene rings is 1. The van der Waals surface area contributed by atoms with Gasteiger partial charge >= 0.3 is 0 Å². The minimum atomic E-state index is 0.0963. The summed E-state index contributed by atoms with van der Waals surface area (Å²) in [6.45, 7) is 1.08. The number of nitrogens with one attached hydrogen (secondary N) is 1. The quantitative estimate of drug-likeness (QED) is 0.917. The first kappa shape index (κ1) is 15.3. The van der Waals surface area contributed by atoms with E-state index in [1.165, 1.54) is 22.4 Å². The Balaban J connectivity index is 1.58. The van der Waals surface area contributed by atoms with Crippen LogP contribution in [0.5, 0.6) is 0 Å². The Morgan fingerprint density at radius 1 is 1.32 bits per heavy atom. The lowest BCUT2D eigenvalue weighted by molar-refractivity contribution is -0.122. The molecule has 1 aromatic carbocycles. The molecular formula is C18H22N2OS. The molecule has 0 saturated carbocycles. The van der Waals surface area contributed by atoms with Crippen molar-refractivity contribution < 1.29 is 4.79 Å². The summed E-state index contributed by atoms with van der Waals surface area (Å²) in [6, 6.07) is 13.0. The molecule has 0 fully saturated rings. The maximum atomic E-state index is 12.2. The largest absolute Gasteiger partial charge is 0.350 e. The Bertz CT molecular complexity index is 624. The summed E-state index contributed by atoms with van der Waals surface area (Å²) >= 11 is 1.67. The monoisotopic (exact) mass is 314 g/mol. The van der Waals surface area contributed by atoms with Gasteiger partial charge in [0.2, 0.25) is 5.91 Å². The Morgan fingerprint density at radius 2 is 2.18 bits per heavy atom. The second-order valence-corrected chi connectivity index (χ2v) is 6.91. The highest BCUT2D eigenvalue weighted by Gasteiger charge is 2.24. The molecule has 1 amide bonds. The summed E-state index contributed by atoms with van der Waals surface area (Å²) in [6.07, 6.45) is 3.49. The van der Waals surface area contributed by atoms with Gasteiger partial charge in [0, 0.05) is 10.9 Å². The number of hydrogen-bond donors (Lipinski definition) is 1. The zero-order valence-electron chi connectivity index (χ0n) is 12.9. The number of hydrogen-bond acceptors (Lipinski definition) is 3. The fourth-order valence-corrected chi connectivity index (χ4v) is 3.82. The molecule has 0 saturated heterocycles. The van der Waals surface area contributed by atoms with Gasteiger partial charge in [0.25, 0.3) is 0 Å². The van der Waals surface area contributed by atoms with E-state index < -0.39 is 0 Å². The topological polar surface area (TPSA) is 32.3 Å². The van der Waals surface area contributed by atoms with Crippen molar-refractivity contribution in [3.63, 3.8) is 0 Å². The first-order valence-electron chi connectivity index (χ1n) is 7.81. The average molecular weight is 314 g/mol. The normalized spacial score (nSPS) is 17.3. The lowest BCUT2D eigenvalue weighted by atomic mass is 9.87. The van der Waals surface area contributed by atoms with Crippen LogP contribution in [0.15, 0.2) is 41.8 Å². The summed E-state index contributed by atoms with van der Waals surface area (Å²) in [5, 5.41) is 5.04. The number of benzene rings is 1. The van der Waals surface area contributed by atoms with Crippen LogP contribution in [0.1, 0.15) is 34.9 Å². The molecule has 0 bridgehead atoms. The molecule has 1 N–H and O–H groups in total. The van der Waals surface area contributed by atoms with Gasteiger partial charge in [-0.3, -0.25) is 9.69 Å². The van der Waals surface area contributed by atoms with E-state index in [2.05, 4.69) is 41.5 Å². The summed E-state index contributed by atoms with van der Waals surface area (Å²) in [5.74, 6) is 0.0963. The average Bonchev–Trinajstić information content (AvgIpc) is 3.06. The molecule has 1 aromatic heterocycles. The smallest absolute Gasteiger partial charge is 0.234 e. The molecule has 4 heteroatoms. The number of amides is 1. The van der Waals surface area contributed by atoms with Crippen molar-refractivity contribution >= 4 is 17.2 Å². The van der Waals surface area contributed by atoms with Gasteiger partial charge in [-0.25, -0.2) is 0 Å². The molecule has 0 spiro atoms. The number of carbonyl (C=O) groups is 1. The molecule has 22 heavy (non-hydrogen) atoms. The molecule has 1 aliphatic rings. The van der Waals surface area contributed by atoms with E-state index in [9.17, 15) is 4.79 Å². The van der Waals surface area contributed by atoms with Gasteiger partial charge in [-0.2, -0.15) is 0 Å². The zero-order valence-corrected chi connectivity index (χ0v) is 13.7. The van der Waals surface area contributed by atoms with Crippen LogP contribution in [0.25, 0.3) is 0 Å². The van der Waals surface area contributed by atoms with E-state index >= 15 is 0 Å². The molecule has 2 aromatic rings. The molecule has 3 nitrogen and oxygen atoms in total. The Morgan fingerprint density at radius 3 is 3.00 bits per heavy atom. The predicted octanol–water partition coefficient (Wildman–Crippen LogP) is 3.37. The Kier molecular flexibility index (Phi) is 4.90.